The lowest BCUT2D eigenvalue weighted by atomic mass is 10.1. The molecular formula is C22H19ClN4O3S. The van der Waals surface area contributed by atoms with E-state index in [-0.39, 0.29) is 5.56 Å². The number of hydrogen-bond acceptors (Lipinski definition) is 7. The van der Waals surface area contributed by atoms with E-state index in [9.17, 15) is 4.79 Å². The van der Waals surface area contributed by atoms with Crippen molar-refractivity contribution < 1.29 is 14.3 Å². The molecule has 0 saturated carbocycles. The molecule has 2 heterocycles. The SMILES string of the molecule is COc1cc(Nc2nc(-c3ccc(-n4cnc(C)c4)cc3)cs2)c(C(=O)Cl)cc1OC. The lowest BCUT2D eigenvalue weighted by molar-refractivity contribution is 0.108. The monoisotopic (exact) mass is 454 g/mol. The second-order valence-electron chi connectivity index (χ2n) is 6.66. The second kappa shape index (κ2) is 8.79. The van der Waals surface area contributed by atoms with E-state index in [2.05, 4.69) is 15.3 Å². The topological polar surface area (TPSA) is 78.3 Å². The lowest BCUT2D eigenvalue weighted by Crippen LogP contribution is -2.01. The molecule has 7 nitrogen and oxygen atoms in total. The first kappa shape index (κ1) is 20.9. The number of halogens is 1. The Hall–Kier alpha value is -3.36. The third-order valence-electron chi connectivity index (χ3n) is 4.65. The molecule has 4 rings (SSSR count). The first-order chi connectivity index (χ1) is 15.0. The van der Waals surface area contributed by atoms with E-state index in [1.54, 1.807) is 18.5 Å². The maximum Gasteiger partial charge on any atom is 0.254 e. The minimum absolute atomic E-state index is 0.274. The fraction of sp³-hybridized carbons (Fsp3) is 0.136. The van der Waals surface area contributed by atoms with Gasteiger partial charge in [0.05, 0.1) is 43.2 Å². The minimum atomic E-state index is -0.606. The summed E-state index contributed by atoms with van der Waals surface area (Å²) in [6.07, 6.45) is 3.76. The number of carbonyl (C=O) groups is 1. The maximum atomic E-state index is 11.9. The first-order valence-electron chi connectivity index (χ1n) is 9.28. The predicted molar refractivity (Wildman–Crippen MR) is 122 cm³/mol. The number of rotatable bonds is 7. The van der Waals surface area contributed by atoms with E-state index in [4.69, 9.17) is 21.1 Å². The summed E-state index contributed by atoms with van der Waals surface area (Å²) in [5.74, 6) is 0.902. The number of nitrogens with zero attached hydrogens (tertiary/aromatic N) is 3. The number of carbonyl (C=O) groups excluding carboxylic acids is 1. The summed E-state index contributed by atoms with van der Waals surface area (Å²) in [7, 11) is 3.03. The van der Waals surface area contributed by atoms with Gasteiger partial charge in [-0.25, -0.2) is 9.97 Å². The quantitative estimate of drug-likeness (QED) is 0.374. The van der Waals surface area contributed by atoms with Gasteiger partial charge in [-0.1, -0.05) is 12.1 Å². The van der Waals surface area contributed by atoms with Gasteiger partial charge in [0.1, 0.15) is 0 Å². The molecular weight excluding hydrogens is 436 g/mol. The number of aromatic nitrogens is 3. The van der Waals surface area contributed by atoms with Crippen LogP contribution in [0.2, 0.25) is 0 Å². The highest BCUT2D eigenvalue weighted by Crippen LogP contribution is 2.36. The summed E-state index contributed by atoms with van der Waals surface area (Å²) in [4.78, 5) is 20.8. The van der Waals surface area contributed by atoms with Crippen molar-refractivity contribution in [1.82, 2.24) is 14.5 Å². The molecule has 31 heavy (non-hydrogen) atoms. The Bertz CT molecular complexity index is 1230. The lowest BCUT2D eigenvalue weighted by Gasteiger charge is -2.13. The second-order valence-corrected chi connectivity index (χ2v) is 7.86. The third-order valence-corrected chi connectivity index (χ3v) is 5.62. The number of ether oxygens (including phenoxy) is 2. The molecule has 4 aromatic rings. The summed E-state index contributed by atoms with van der Waals surface area (Å²) in [5, 5.41) is 5.13. The number of methoxy groups -OCH3 is 2. The van der Waals surface area contributed by atoms with Crippen LogP contribution >= 0.6 is 22.9 Å². The molecule has 2 aromatic carbocycles. The Kier molecular flexibility index (Phi) is 5.92. The first-order valence-corrected chi connectivity index (χ1v) is 10.5. The molecule has 1 N–H and O–H groups in total. The molecule has 2 aromatic heterocycles. The van der Waals surface area contributed by atoms with Gasteiger partial charge in [-0.15, -0.1) is 11.3 Å². The van der Waals surface area contributed by atoms with Crippen LogP contribution in [0, 0.1) is 6.92 Å². The molecule has 0 spiro atoms. The molecule has 0 unspecified atom stereocenters. The Morgan fingerprint density at radius 1 is 1.13 bits per heavy atom. The summed E-state index contributed by atoms with van der Waals surface area (Å²) >= 11 is 7.19. The maximum absolute atomic E-state index is 11.9. The van der Waals surface area contributed by atoms with E-state index in [0.29, 0.717) is 22.3 Å². The smallest absolute Gasteiger partial charge is 0.254 e. The van der Waals surface area contributed by atoms with Crippen LogP contribution < -0.4 is 14.8 Å². The molecule has 0 aliphatic rings. The molecule has 0 radical (unpaired) electrons. The number of imidazole rings is 1. The van der Waals surface area contributed by atoms with Crippen LogP contribution in [0.4, 0.5) is 10.8 Å². The van der Waals surface area contributed by atoms with Crippen molar-refractivity contribution in [2.75, 3.05) is 19.5 Å². The van der Waals surface area contributed by atoms with Crippen LogP contribution in [-0.4, -0.2) is 34.0 Å². The number of hydrogen-bond donors (Lipinski definition) is 1. The standard InChI is InChI=1S/C22H19ClN4O3S/c1-13-10-27(12-24-13)15-6-4-14(5-7-15)18-11-31-22(26-18)25-17-9-20(30-3)19(29-2)8-16(17)21(23)28/h4-12H,1-3H3,(H,25,26). The van der Waals surface area contributed by atoms with Crippen molar-refractivity contribution >= 4 is 39.0 Å². The molecule has 0 amide bonds. The fourth-order valence-corrected chi connectivity index (χ4v) is 3.98. The summed E-state index contributed by atoms with van der Waals surface area (Å²) < 4.78 is 12.6. The van der Waals surface area contributed by atoms with Crippen molar-refractivity contribution in [2.45, 2.75) is 6.92 Å². The third kappa shape index (κ3) is 4.40. The van der Waals surface area contributed by atoms with Gasteiger partial charge in [0.2, 0.25) is 0 Å². The molecule has 9 heteroatoms. The van der Waals surface area contributed by atoms with Gasteiger partial charge in [0, 0.05) is 28.9 Å². The van der Waals surface area contributed by atoms with Crippen molar-refractivity contribution in [3.63, 3.8) is 0 Å². The fourth-order valence-electron chi connectivity index (χ4n) is 3.09. The number of benzene rings is 2. The van der Waals surface area contributed by atoms with E-state index in [1.807, 2.05) is 47.3 Å². The number of aryl methyl sites for hydroxylation is 1. The van der Waals surface area contributed by atoms with Crippen molar-refractivity contribution in [3.05, 3.63) is 65.6 Å². The van der Waals surface area contributed by atoms with E-state index < -0.39 is 5.24 Å². The molecule has 0 saturated heterocycles. The van der Waals surface area contributed by atoms with Gasteiger partial charge in [-0.05, 0) is 36.7 Å². The Morgan fingerprint density at radius 3 is 2.45 bits per heavy atom. The summed E-state index contributed by atoms with van der Waals surface area (Å²) in [5.41, 5.74) is 4.55. The van der Waals surface area contributed by atoms with Crippen molar-refractivity contribution in [3.8, 4) is 28.4 Å². The zero-order valence-corrected chi connectivity index (χ0v) is 18.6. The molecule has 0 fully saturated rings. The van der Waals surface area contributed by atoms with Gasteiger partial charge >= 0.3 is 0 Å². The van der Waals surface area contributed by atoms with E-state index in [0.717, 1.165) is 22.6 Å². The number of thiazole rings is 1. The van der Waals surface area contributed by atoms with E-state index in [1.165, 1.54) is 25.6 Å². The average molecular weight is 455 g/mol. The van der Waals surface area contributed by atoms with Gasteiger partial charge in [0.25, 0.3) is 5.24 Å². The van der Waals surface area contributed by atoms with Gasteiger partial charge < -0.3 is 19.4 Å². The largest absolute Gasteiger partial charge is 0.493 e. The predicted octanol–water partition coefficient (Wildman–Crippen LogP) is 5.44. The van der Waals surface area contributed by atoms with Crippen molar-refractivity contribution in [1.29, 1.82) is 0 Å². The van der Waals surface area contributed by atoms with Crippen LogP contribution in [0.5, 0.6) is 11.5 Å². The summed E-state index contributed by atoms with van der Waals surface area (Å²) in [6.45, 7) is 1.95. The molecule has 158 valence electrons. The molecule has 0 bridgehead atoms. The van der Waals surface area contributed by atoms with E-state index >= 15 is 0 Å². The highest BCUT2D eigenvalue weighted by Gasteiger charge is 2.17. The minimum Gasteiger partial charge on any atom is -0.493 e. The normalized spacial score (nSPS) is 10.7. The number of nitrogens with one attached hydrogen (secondary N) is 1. The van der Waals surface area contributed by atoms with Crippen LogP contribution in [0.1, 0.15) is 16.1 Å². The van der Waals surface area contributed by atoms with Gasteiger partial charge in [-0.2, -0.15) is 0 Å². The zero-order valence-electron chi connectivity index (χ0n) is 17.0. The molecule has 0 aliphatic heterocycles. The number of anilines is 2. The van der Waals surface area contributed by atoms with Crippen LogP contribution in [0.3, 0.4) is 0 Å². The highest BCUT2D eigenvalue weighted by atomic mass is 35.5. The zero-order chi connectivity index (χ0) is 22.0. The van der Waals surface area contributed by atoms with Crippen LogP contribution in [0.25, 0.3) is 16.9 Å². The Balaban J connectivity index is 1.59. The Labute approximate surface area is 188 Å². The summed E-state index contributed by atoms with van der Waals surface area (Å²) in [6, 6.07) is 11.3. The van der Waals surface area contributed by atoms with Crippen LogP contribution in [-0.2, 0) is 0 Å². The van der Waals surface area contributed by atoms with Crippen LogP contribution in [0.15, 0.2) is 54.3 Å². The van der Waals surface area contributed by atoms with Crippen molar-refractivity contribution in [2.24, 2.45) is 0 Å². The Morgan fingerprint density at radius 2 is 1.84 bits per heavy atom. The molecule has 0 atom stereocenters. The van der Waals surface area contributed by atoms with Gasteiger partial charge in [-0.3, -0.25) is 4.79 Å². The van der Waals surface area contributed by atoms with Gasteiger partial charge in [0.15, 0.2) is 16.6 Å². The molecule has 0 aliphatic carbocycles. The average Bonchev–Trinajstić information content (AvgIpc) is 3.42. The highest BCUT2D eigenvalue weighted by molar-refractivity contribution is 7.14.